The molecule has 172 valence electrons. The monoisotopic (exact) mass is 476 g/mol. The Hall–Kier alpha value is -2.25. The molecule has 7 nitrogen and oxygen atoms in total. The van der Waals surface area contributed by atoms with Gasteiger partial charge in [-0.15, -0.1) is 0 Å². The van der Waals surface area contributed by atoms with E-state index in [-0.39, 0.29) is 12.1 Å². The highest BCUT2D eigenvalue weighted by Crippen LogP contribution is 2.29. The van der Waals surface area contributed by atoms with Crippen molar-refractivity contribution in [2.45, 2.75) is 63.5 Å². The minimum absolute atomic E-state index is 0.129. The fourth-order valence-electron chi connectivity index (χ4n) is 4.55. The molecule has 0 atom stereocenters. The average Bonchev–Trinajstić information content (AvgIpc) is 2.73. The fraction of sp³-hybridized carbons (Fsp3) is 0.522. The Morgan fingerprint density at radius 2 is 1.62 bits per heavy atom. The molecule has 1 saturated carbocycles. The third-order valence-corrected chi connectivity index (χ3v) is 6.54. The van der Waals surface area contributed by atoms with Crippen molar-refractivity contribution in [3.05, 3.63) is 39.5 Å². The second-order valence-electron chi connectivity index (χ2n) is 8.85. The van der Waals surface area contributed by atoms with Gasteiger partial charge in [-0.2, -0.15) is 4.98 Å². The summed E-state index contributed by atoms with van der Waals surface area (Å²) in [5, 5.41) is 10.4. The predicted octanol–water partition coefficient (Wildman–Crippen LogP) is 5.27. The molecule has 32 heavy (non-hydrogen) atoms. The summed E-state index contributed by atoms with van der Waals surface area (Å²) in [5.74, 6) is 1.76. The summed E-state index contributed by atoms with van der Waals surface area (Å²) in [6.45, 7) is 0. The van der Waals surface area contributed by atoms with E-state index in [9.17, 15) is 4.79 Å². The molecular formula is C23H30Cl2N6O. The van der Waals surface area contributed by atoms with Crippen LogP contribution in [0.1, 0.15) is 49.8 Å². The minimum atomic E-state index is -0.242. The van der Waals surface area contributed by atoms with E-state index in [0.29, 0.717) is 21.8 Å². The molecule has 2 aliphatic carbocycles. The standard InChI is InChI=1S/C23H30Cl2N6O/c1-31(2)21-19-5-3-4-6-20(19)29-22(30-21)26-16-7-9-17(10-8-16)27-23(32)28-18-12-14(24)11-15(25)13-18/h11-13,16-17H,3-10H2,1-2H3,(H,26,29,30)(H2,27,28,32)/t16-,17+. The van der Waals surface area contributed by atoms with Gasteiger partial charge in [0.15, 0.2) is 0 Å². The number of hydrogen-bond donors (Lipinski definition) is 3. The Morgan fingerprint density at radius 1 is 0.969 bits per heavy atom. The Kier molecular flexibility index (Phi) is 7.26. The van der Waals surface area contributed by atoms with Crippen LogP contribution in [0.2, 0.25) is 10.0 Å². The molecule has 3 N–H and O–H groups in total. The van der Waals surface area contributed by atoms with E-state index in [1.807, 2.05) is 14.1 Å². The lowest BCUT2D eigenvalue weighted by molar-refractivity contribution is 0.243. The summed E-state index contributed by atoms with van der Waals surface area (Å²) < 4.78 is 0. The summed E-state index contributed by atoms with van der Waals surface area (Å²) in [7, 11) is 4.08. The van der Waals surface area contributed by atoms with E-state index in [1.165, 1.54) is 24.1 Å². The number of nitrogens with zero attached hydrogens (tertiary/aromatic N) is 3. The minimum Gasteiger partial charge on any atom is -0.362 e. The number of anilines is 3. The highest BCUT2D eigenvalue weighted by Gasteiger charge is 2.25. The number of urea groups is 1. The second-order valence-corrected chi connectivity index (χ2v) is 9.72. The quantitative estimate of drug-likeness (QED) is 0.547. The molecule has 2 aromatic rings. The third kappa shape index (κ3) is 5.75. The Labute approximate surface area is 199 Å². The average molecular weight is 477 g/mol. The van der Waals surface area contributed by atoms with Crippen LogP contribution in [0.3, 0.4) is 0 Å². The van der Waals surface area contributed by atoms with Crippen LogP contribution in [0.4, 0.5) is 22.2 Å². The van der Waals surface area contributed by atoms with Crippen LogP contribution < -0.4 is 20.9 Å². The number of carbonyl (C=O) groups is 1. The number of hydrogen-bond acceptors (Lipinski definition) is 5. The maximum atomic E-state index is 12.4. The lowest BCUT2D eigenvalue weighted by atomic mass is 9.91. The van der Waals surface area contributed by atoms with Crippen molar-refractivity contribution in [1.82, 2.24) is 15.3 Å². The first kappa shape index (κ1) is 22.9. The Morgan fingerprint density at radius 3 is 2.31 bits per heavy atom. The summed E-state index contributed by atoms with van der Waals surface area (Å²) in [4.78, 5) is 24.1. The van der Waals surface area contributed by atoms with Gasteiger partial charge in [-0.05, 0) is 69.6 Å². The van der Waals surface area contributed by atoms with E-state index >= 15 is 0 Å². The largest absolute Gasteiger partial charge is 0.362 e. The van der Waals surface area contributed by atoms with E-state index in [4.69, 9.17) is 33.2 Å². The molecule has 1 heterocycles. The van der Waals surface area contributed by atoms with Crippen molar-refractivity contribution in [3.63, 3.8) is 0 Å². The highest BCUT2D eigenvalue weighted by molar-refractivity contribution is 6.35. The smallest absolute Gasteiger partial charge is 0.319 e. The number of rotatable bonds is 5. The summed E-state index contributed by atoms with van der Waals surface area (Å²) >= 11 is 12.0. The molecule has 1 aromatic carbocycles. The van der Waals surface area contributed by atoms with Crippen molar-refractivity contribution in [3.8, 4) is 0 Å². The molecule has 0 spiro atoms. The van der Waals surface area contributed by atoms with Gasteiger partial charge < -0.3 is 20.9 Å². The van der Waals surface area contributed by atoms with Crippen molar-refractivity contribution < 1.29 is 4.79 Å². The summed E-state index contributed by atoms with van der Waals surface area (Å²) in [5.41, 5.74) is 3.06. The number of halogens is 2. The molecule has 0 saturated heterocycles. The number of aryl methyl sites for hydroxylation is 1. The van der Waals surface area contributed by atoms with Crippen LogP contribution in [0.5, 0.6) is 0 Å². The lowest BCUT2D eigenvalue weighted by Crippen LogP contribution is -2.42. The molecule has 0 unspecified atom stereocenters. The number of carbonyl (C=O) groups excluding carboxylic acids is 1. The molecule has 0 radical (unpaired) electrons. The normalized spacial score (nSPS) is 20.2. The molecule has 9 heteroatoms. The molecule has 0 aliphatic heterocycles. The molecule has 1 fully saturated rings. The van der Waals surface area contributed by atoms with E-state index in [1.54, 1.807) is 18.2 Å². The lowest BCUT2D eigenvalue weighted by Gasteiger charge is -2.30. The van der Waals surface area contributed by atoms with Gasteiger partial charge in [0.05, 0.1) is 5.69 Å². The zero-order valence-electron chi connectivity index (χ0n) is 18.5. The van der Waals surface area contributed by atoms with E-state index < -0.39 is 0 Å². The fourth-order valence-corrected chi connectivity index (χ4v) is 5.08. The van der Waals surface area contributed by atoms with Gasteiger partial charge >= 0.3 is 6.03 Å². The van der Waals surface area contributed by atoms with Gasteiger partial charge in [0.25, 0.3) is 0 Å². The first-order valence-electron chi connectivity index (χ1n) is 11.2. The first-order chi connectivity index (χ1) is 15.4. The van der Waals surface area contributed by atoms with Gasteiger partial charge in [0.2, 0.25) is 5.95 Å². The van der Waals surface area contributed by atoms with Gasteiger partial charge in [0, 0.05) is 47.5 Å². The SMILES string of the molecule is CN(C)c1nc(N[C@H]2CC[C@@H](NC(=O)Nc3cc(Cl)cc(Cl)c3)CC2)nc2c1CCCC2. The molecule has 0 bridgehead atoms. The van der Waals surface area contributed by atoms with Crippen molar-refractivity contribution in [2.75, 3.05) is 29.6 Å². The second kappa shape index (κ2) is 10.1. The molecule has 4 rings (SSSR count). The topological polar surface area (TPSA) is 82.2 Å². The summed E-state index contributed by atoms with van der Waals surface area (Å²) in [6, 6.07) is 5.18. The Balaban J connectivity index is 1.30. The zero-order chi connectivity index (χ0) is 22.7. The molecule has 1 aromatic heterocycles. The van der Waals surface area contributed by atoms with Gasteiger partial charge in [-0.25, -0.2) is 9.78 Å². The van der Waals surface area contributed by atoms with Gasteiger partial charge in [-0.1, -0.05) is 23.2 Å². The van der Waals surface area contributed by atoms with E-state index in [2.05, 4.69) is 20.9 Å². The number of fused-ring (bicyclic) bond motifs is 1. The predicted molar refractivity (Wildman–Crippen MR) is 131 cm³/mol. The molecule has 2 amide bonds. The number of amides is 2. The van der Waals surface area contributed by atoms with E-state index in [0.717, 1.165) is 50.3 Å². The molecule has 2 aliphatic rings. The third-order valence-electron chi connectivity index (χ3n) is 6.10. The van der Waals surface area contributed by atoms with Gasteiger partial charge in [-0.3, -0.25) is 0 Å². The van der Waals surface area contributed by atoms with Crippen LogP contribution in [-0.2, 0) is 12.8 Å². The van der Waals surface area contributed by atoms with Crippen LogP contribution in [-0.4, -0.2) is 42.2 Å². The first-order valence-corrected chi connectivity index (χ1v) is 12.0. The van der Waals surface area contributed by atoms with Crippen LogP contribution in [0.25, 0.3) is 0 Å². The van der Waals surface area contributed by atoms with Crippen molar-refractivity contribution in [1.29, 1.82) is 0 Å². The van der Waals surface area contributed by atoms with Crippen molar-refractivity contribution in [2.24, 2.45) is 0 Å². The maximum Gasteiger partial charge on any atom is 0.319 e. The highest BCUT2D eigenvalue weighted by atomic mass is 35.5. The molecular weight excluding hydrogens is 447 g/mol. The number of aromatic nitrogens is 2. The van der Waals surface area contributed by atoms with Crippen LogP contribution >= 0.6 is 23.2 Å². The number of nitrogens with one attached hydrogen (secondary N) is 3. The van der Waals surface area contributed by atoms with Crippen LogP contribution in [0.15, 0.2) is 18.2 Å². The van der Waals surface area contributed by atoms with Crippen molar-refractivity contribution >= 4 is 46.7 Å². The summed E-state index contributed by atoms with van der Waals surface area (Å²) in [6.07, 6.45) is 8.17. The maximum absolute atomic E-state index is 12.4. The zero-order valence-corrected chi connectivity index (χ0v) is 20.1. The Bertz CT molecular complexity index is 955. The van der Waals surface area contributed by atoms with Gasteiger partial charge in [0.1, 0.15) is 5.82 Å². The number of benzene rings is 1. The van der Waals surface area contributed by atoms with Crippen LogP contribution in [0, 0.1) is 0 Å².